The molecule has 0 spiro atoms. The zero-order valence-corrected chi connectivity index (χ0v) is 17.0. The van der Waals surface area contributed by atoms with Gasteiger partial charge in [-0.3, -0.25) is 14.9 Å². The van der Waals surface area contributed by atoms with Gasteiger partial charge in [0.25, 0.3) is 5.24 Å². The Morgan fingerprint density at radius 1 is 1.17 bits per heavy atom. The van der Waals surface area contributed by atoms with Gasteiger partial charge in [-0.05, 0) is 66.3 Å². The number of hydrogen-bond donors (Lipinski definition) is 1. The molecule has 1 fully saturated rings. The van der Waals surface area contributed by atoms with Crippen molar-refractivity contribution in [2.45, 2.75) is 50.0 Å². The van der Waals surface area contributed by atoms with Crippen molar-refractivity contribution in [3.05, 3.63) is 58.7 Å². The van der Waals surface area contributed by atoms with Crippen LogP contribution in [0.3, 0.4) is 0 Å². The van der Waals surface area contributed by atoms with Gasteiger partial charge in [-0.15, -0.1) is 0 Å². The molecule has 1 saturated heterocycles. The van der Waals surface area contributed by atoms with Gasteiger partial charge in [-0.1, -0.05) is 31.2 Å². The Morgan fingerprint density at radius 2 is 1.97 bits per heavy atom. The molecular formula is C22H20F3NO3S. The maximum atomic E-state index is 13.0. The van der Waals surface area contributed by atoms with E-state index in [-0.39, 0.29) is 17.1 Å². The fraction of sp³-hybridized carbons (Fsp3) is 0.364. The third kappa shape index (κ3) is 4.05. The van der Waals surface area contributed by atoms with Crippen LogP contribution in [0.25, 0.3) is 0 Å². The Morgan fingerprint density at radius 3 is 2.63 bits per heavy atom. The Kier molecular flexibility index (Phi) is 5.53. The summed E-state index contributed by atoms with van der Waals surface area (Å²) in [5.41, 5.74) is 1.89. The topological polar surface area (TPSA) is 55.4 Å². The average molecular weight is 435 g/mol. The quantitative estimate of drug-likeness (QED) is 0.642. The third-order valence-corrected chi connectivity index (χ3v) is 6.57. The van der Waals surface area contributed by atoms with E-state index in [1.807, 2.05) is 19.1 Å². The number of hydrogen-bond acceptors (Lipinski definition) is 4. The van der Waals surface area contributed by atoms with E-state index in [1.54, 1.807) is 6.07 Å². The molecule has 2 aliphatic rings. The van der Waals surface area contributed by atoms with Gasteiger partial charge in [0.2, 0.25) is 5.91 Å². The number of ether oxygens (including phenoxy) is 1. The fourth-order valence-corrected chi connectivity index (χ4v) is 5.09. The van der Waals surface area contributed by atoms with Crippen molar-refractivity contribution < 1.29 is 27.5 Å². The number of rotatable bonds is 5. The predicted octanol–water partition coefficient (Wildman–Crippen LogP) is 5.83. The van der Waals surface area contributed by atoms with E-state index in [0.717, 1.165) is 47.9 Å². The second-order valence-electron chi connectivity index (χ2n) is 7.49. The standard InChI is InChI=1S/C22H20F3NO3S/c1-2-3-13-10-14(22(23,24)25)5-9-18(13)29-15-6-8-16-12(11-15)4-7-17(16)19-20(27)26-21(28)30-19/h5-6,8-11,17,19H,2-4,7H2,1H3,(H,26,27,28)/t17-,19?/m1/s1. The van der Waals surface area contributed by atoms with Crippen molar-refractivity contribution in [2.24, 2.45) is 0 Å². The summed E-state index contributed by atoms with van der Waals surface area (Å²) in [6.45, 7) is 1.90. The van der Waals surface area contributed by atoms with Crippen LogP contribution in [0.15, 0.2) is 36.4 Å². The van der Waals surface area contributed by atoms with Crippen LogP contribution in [0.1, 0.15) is 47.9 Å². The van der Waals surface area contributed by atoms with Crippen LogP contribution >= 0.6 is 11.8 Å². The number of fused-ring (bicyclic) bond motifs is 1. The van der Waals surface area contributed by atoms with E-state index >= 15 is 0 Å². The molecule has 0 aromatic heterocycles. The highest BCUT2D eigenvalue weighted by atomic mass is 32.2. The minimum Gasteiger partial charge on any atom is -0.457 e. The maximum absolute atomic E-state index is 13.0. The fourth-order valence-electron chi connectivity index (χ4n) is 4.09. The maximum Gasteiger partial charge on any atom is 0.416 e. The average Bonchev–Trinajstić information content (AvgIpc) is 3.24. The summed E-state index contributed by atoms with van der Waals surface area (Å²) < 4.78 is 45.1. The highest BCUT2D eigenvalue weighted by Crippen LogP contribution is 2.44. The molecule has 30 heavy (non-hydrogen) atoms. The van der Waals surface area contributed by atoms with E-state index in [1.165, 1.54) is 6.07 Å². The molecule has 1 N–H and O–H groups in total. The molecule has 1 aliphatic heterocycles. The Balaban J connectivity index is 1.57. The molecule has 4 rings (SSSR count). The monoisotopic (exact) mass is 435 g/mol. The number of carbonyl (C=O) groups excluding carboxylic acids is 2. The van der Waals surface area contributed by atoms with Gasteiger partial charge >= 0.3 is 6.18 Å². The Labute approximate surface area is 176 Å². The van der Waals surface area contributed by atoms with Gasteiger partial charge in [-0.25, -0.2) is 0 Å². The minimum atomic E-state index is -4.39. The molecule has 2 aromatic carbocycles. The lowest BCUT2D eigenvalue weighted by atomic mass is 9.97. The summed E-state index contributed by atoms with van der Waals surface area (Å²) in [6, 6.07) is 9.09. The first-order chi connectivity index (χ1) is 14.3. The highest BCUT2D eigenvalue weighted by Gasteiger charge is 2.41. The van der Waals surface area contributed by atoms with Crippen LogP contribution < -0.4 is 10.1 Å². The SMILES string of the molecule is CCCc1cc(C(F)(F)F)ccc1Oc1ccc2c(c1)CC[C@H]2C1SC(=O)NC1=O. The second-order valence-corrected chi connectivity index (χ2v) is 8.61. The number of thioether (sulfide) groups is 1. The Bertz CT molecular complexity index is 1010. The minimum absolute atomic E-state index is 0.0350. The first-order valence-corrected chi connectivity index (χ1v) is 10.7. The van der Waals surface area contributed by atoms with E-state index in [9.17, 15) is 22.8 Å². The zero-order chi connectivity index (χ0) is 21.5. The van der Waals surface area contributed by atoms with Gasteiger partial charge in [0.05, 0.1) is 5.56 Å². The molecule has 2 atom stereocenters. The van der Waals surface area contributed by atoms with E-state index in [2.05, 4.69) is 5.32 Å². The summed E-state index contributed by atoms with van der Waals surface area (Å²) in [5, 5.41) is 1.60. The molecule has 2 amide bonds. The number of aryl methyl sites for hydroxylation is 2. The molecule has 4 nitrogen and oxygen atoms in total. The van der Waals surface area contributed by atoms with Crippen molar-refractivity contribution in [2.75, 3.05) is 0 Å². The number of imide groups is 1. The van der Waals surface area contributed by atoms with Gasteiger partial charge in [-0.2, -0.15) is 13.2 Å². The smallest absolute Gasteiger partial charge is 0.416 e. The largest absolute Gasteiger partial charge is 0.457 e. The van der Waals surface area contributed by atoms with Crippen LogP contribution in [0.2, 0.25) is 0 Å². The number of alkyl halides is 3. The lowest BCUT2D eigenvalue weighted by Gasteiger charge is -2.17. The molecule has 1 aliphatic carbocycles. The van der Waals surface area contributed by atoms with Gasteiger partial charge in [0.15, 0.2) is 0 Å². The summed E-state index contributed by atoms with van der Waals surface area (Å²) in [4.78, 5) is 23.5. The second kappa shape index (κ2) is 7.98. The molecule has 0 radical (unpaired) electrons. The molecule has 1 unspecified atom stereocenters. The third-order valence-electron chi connectivity index (χ3n) is 5.46. The summed E-state index contributed by atoms with van der Waals surface area (Å²) in [7, 11) is 0. The number of halogens is 3. The van der Waals surface area contributed by atoms with E-state index in [4.69, 9.17) is 4.74 Å². The lowest BCUT2D eigenvalue weighted by Crippen LogP contribution is -2.27. The number of amides is 2. The van der Waals surface area contributed by atoms with Crippen molar-refractivity contribution in [1.29, 1.82) is 0 Å². The van der Waals surface area contributed by atoms with Crippen LogP contribution in [0, 0.1) is 0 Å². The number of benzene rings is 2. The lowest BCUT2D eigenvalue weighted by molar-refractivity contribution is -0.137. The van der Waals surface area contributed by atoms with Crippen LogP contribution in [-0.4, -0.2) is 16.4 Å². The zero-order valence-electron chi connectivity index (χ0n) is 16.2. The van der Waals surface area contributed by atoms with Crippen molar-refractivity contribution in [3.63, 3.8) is 0 Å². The normalized spacial score (nSPS) is 20.9. The number of nitrogens with one attached hydrogen (secondary N) is 1. The predicted molar refractivity (Wildman–Crippen MR) is 108 cm³/mol. The highest BCUT2D eigenvalue weighted by molar-refractivity contribution is 8.15. The summed E-state index contributed by atoms with van der Waals surface area (Å²) in [6.07, 6.45) is -1.70. The van der Waals surface area contributed by atoms with Crippen molar-refractivity contribution >= 4 is 22.9 Å². The van der Waals surface area contributed by atoms with Crippen LogP contribution in [-0.2, 0) is 23.8 Å². The first-order valence-electron chi connectivity index (χ1n) is 9.78. The van der Waals surface area contributed by atoms with Crippen LogP contribution in [0.4, 0.5) is 18.0 Å². The molecular weight excluding hydrogens is 415 g/mol. The molecule has 2 aromatic rings. The van der Waals surface area contributed by atoms with Crippen molar-refractivity contribution in [1.82, 2.24) is 5.32 Å². The van der Waals surface area contributed by atoms with Crippen molar-refractivity contribution in [3.8, 4) is 11.5 Å². The van der Waals surface area contributed by atoms with E-state index < -0.39 is 17.0 Å². The van der Waals surface area contributed by atoms with Crippen LogP contribution in [0.5, 0.6) is 11.5 Å². The molecule has 158 valence electrons. The van der Waals surface area contributed by atoms with Gasteiger partial charge in [0, 0.05) is 5.92 Å². The summed E-state index contributed by atoms with van der Waals surface area (Å²) >= 11 is 1.03. The molecule has 0 bridgehead atoms. The Hall–Kier alpha value is -2.48. The molecule has 1 heterocycles. The van der Waals surface area contributed by atoms with Gasteiger partial charge < -0.3 is 4.74 Å². The van der Waals surface area contributed by atoms with Gasteiger partial charge in [0.1, 0.15) is 16.7 Å². The molecule has 0 saturated carbocycles. The summed E-state index contributed by atoms with van der Waals surface area (Å²) in [5.74, 6) is 0.672. The first kappa shape index (κ1) is 20.8. The van der Waals surface area contributed by atoms with E-state index in [0.29, 0.717) is 29.9 Å². The number of carbonyl (C=O) groups is 2. The molecule has 8 heteroatoms.